The van der Waals surface area contributed by atoms with Crippen LogP contribution in [0, 0.1) is 0 Å². The quantitative estimate of drug-likeness (QED) is 0.664. The number of pyridine rings is 1. The van der Waals surface area contributed by atoms with Gasteiger partial charge < -0.3 is 10.1 Å². The number of carbonyl (C=O) groups excluding carboxylic acids is 3. The second-order valence-corrected chi connectivity index (χ2v) is 5.63. The lowest BCUT2D eigenvalue weighted by atomic mass is 10.1. The van der Waals surface area contributed by atoms with E-state index in [9.17, 15) is 14.4 Å². The number of nitrogens with one attached hydrogen (secondary N) is 1. The SMILES string of the molecule is CC(=O)c1cc(C=O)cc(CCNC(=O)OC(C)(C)C)n1. The maximum Gasteiger partial charge on any atom is 0.407 e. The van der Waals surface area contributed by atoms with Gasteiger partial charge in [-0.1, -0.05) is 0 Å². The lowest BCUT2D eigenvalue weighted by Gasteiger charge is -2.19. The molecule has 0 unspecified atom stereocenters. The van der Waals surface area contributed by atoms with Gasteiger partial charge in [0.15, 0.2) is 5.78 Å². The van der Waals surface area contributed by atoms with Crippen molar-refractivity contribution in [3.05, 3.63) is 29.1 Å². The third-order valence-corrected chi connectivity index (χ3v) is 2.45. The molecule has 114 valence electrons. The zero-order valence-electron chi connectivity index (χ0n) is 12.7. The molecule has 21 heavy (non-hydrogen) atoms. The molecule has 0 atom stereocenters. The van der Waals surface area contributed by atoms with E-state index in [1.807, 2.05) is 0 Å². The van der Waals surface area contributed by atoms with E-state index in [1.165, 1.54) is 13.0 Å². The lowest BCUT2D eigenvalue weighted by Crippen LogP contribution is -2.33. The topological polar surface area (TPSA) is 85.4 Å². The largest absolute Gasteiger partial charge is 0.444 e. The van der Waals surface area contributed by atoms with Crippen molar-refractivity contribution in [2.45, 2.75) is 39.7 Å². The molecule has 6 heteroatoms. The van der Waals surface area contributed by atoms with Gasteiger partial charge in [-0.25, -0.2) is 9.78 Å². The highest BCUT2D eigenvalue weighted by atomic mass is 16.6. The Morgan fingerprint density at radius 1 is 1.33 bits per heavy atom. The first-order valence-electron chi connectivity index (χ1n) is 6.65. The molecule has 0 radical (unpaired) electrons. The number of ketones is 1. The molecule has 0 saturated carbocycles. The van der Waals surface area contributed by atoms with Gasteiger partial charge in [-0.3, -0.25) is 9.59 Å². The van der Waals surface area contributed by atoms with Gasteiger partial charge in [-0.15, -0.1) is 0 Å². The number of hydrogen-bond acceptors (Lipinski definition) is 5. The molecule has 0 aliphatic carbocycles. The molecule has 1 aromatic rings. The van der Waals surface area contributed by atoms with Gasteiger partial charge in [0.05, 0.1) is 0 Å². The molecule has 1 aromatic heterocycles. The smallest absolute Gasteiger partial charge is 0.407 e. The van der Waals surface area contributed by atoms with Crippen LogP contribution in [-0.2, 0) is 11.2 Å². The molecule has 0 aliphatic heterocycles. The Hall–Kier alpha value is -2.24. The zero-order valence-corrected chi connectivity index (χ0v) is 12.7. The van der Waals surface area contributed by atoms with Crippen molar-refractivity contribution < 1.29 is 19.1 Å². The van der Waals surface area contributed by atoms with Gasteiger partial charge in [-0.05, 0) is 32.9 Å². The zero-order chi connectivity index (χ0) is 16.0. The molecule has 0 spiro atoms. The summed E-state index contributed by atoms with van der Waals surface area (Å²) in [4.78, 5) is 37.8. The molecule has 1 N–H and O–H groups in total. The summed E-state index contributed by atoms with van der Waals surface area (Å²) < 4.78 is 5.10. The van der Waals surface area contributed by atoms with Crippen LogP contribution in [0.1, 0.15) is 54.2 Å². The van der Waals surface area contributed by atoms with E-state index >= 15 is 0 Å². The maximum atomic E-state index is 11.5. The third kappa shape index (κ3) is 6.16. The molecule has 6 nitrogen and oxygen atoms in total. The number of ether oxygens (including phenoxy) is 1. The monoisotopic (exact) mass is 292 g/mol. The van der Waals surface area contributed by atoms with Gasteiger partial charge in [0.1, 0.15) is 17.6 Å². The number of alkyl carbamates (subject to hydrolysis) is 1. The van der Waals surface area contributed by atoms with Crippen molar-refractivity contribution in [3.8, 4) is 0 Å². The summed E-state index contributed by atoms with van der Waals surface area (Å²) in [5, 5.41) is 2.60. The number of hydrogen-bond donors (Lipinski definition) is 1. The van der Waals surface area contributed by atoms with Crippen LogP contribution in [0.5, 0.6) is 0 Å². The minimum atomic E-state index is -0.554. The van der Waals surface area contributed by atoms with Crippen LogP contribution < -0.4 is 5.32 Å². The lowest BCUT2D eigenvalue weighted by molar-refractivity contribution is 0.0528. The Balaban J connectivity index is 2.63. The summed E-state index contributed by atoms with van der Waals surface area (Å²) >= 11 is 0. The summed E-state index contributed by atoms with van der Waals surface area (Å²) in [6.07, 6.45) is 0.556. The Kier molecular flexibility index (Phi) is 5.58. The number of nitrogens with zero attached hydrogens (tertiary/aromatic N) is 1. The summed E-state index contributed by atoms with van der Waals surface area (Å²) in [6, 6.07) is 3.04. The molecule has 0 fully saturated rings. The highest BCUT2D eigenvalue weighted by molar-refractivity contribution is 5.93. The van der Waals surface area contributed by atoms with Crippen molar-refractivity contribution >= 4 is 18.2 Å². The minimum absolute atomic E-state index is 0.208. The fraction of sp³-hybridized carbons (Fsp3) is 0.467. The van der Waals surface area contributed by atoms with Crippen molar-refractivity contribution in [1.82, 2.24) is 10.3 Å². The normalized spacial score (nSPS) is 10.9. The van der Waals surface area contributed by atoms with Crippen LogP contribution in [0.4, 0.5) is 4.79 Å². The molecule has 1 amide bonds. The van der Waals surface area contributed by atoms with Gasteiger partial charge >= 0.3 is 6.09 Å². The highest BCUT2D eigenvalue weighted by Gasteiger charge is 2.15. The molecular weight excluding hydrogens is 272 g/mol. The second kappa shape index (κ2) is 6.97. The Morgan fingerprint density at radius 2 is 2.00 bits per heavy atom. The van der Waals surface area contributed by atoms with Crippen LogP contribution in [-0.4, -0.2) is 35.3 Å². The number of amides is 1. The number of Topliss-reactive ketones (excluding diaryl/α,β-unsaturated/α-hetero) is 1. The standard InChI is InChI=1S/C15H20N2O4/c1-10(19)13-8-11(9-18)7-12(17-13)5-6-16-14(20)21-15(2,3)4/h7-9H,5-6H2,1-4H3,(H,16,20). The van der Waals surface area contributed by atoms with Gasteiger partial charge in [0.25, 0.3) is 0 Å². The summed E-state index contributed by atoms with van der Waals surface area (Å²) in [6.45, 7) is 7.03. The average Bonchev–Trinajstić information content (AvgIpc) is 2.36. The fourth-order valence-corrected chi connectivity index (χ4v) is 1.59. The van der Waals surface area contributed by atoms with Crippen LogP contribution in [0.2, 0.25) is 0 Å². The summed E-state index contributed by atoms with van der Waals surface area (Å²) in [5.74, 6) is -0.208. The number of carbonyl (C=O) groups is 3. The van der Waals surface area contributed by atoms with Crippen molar-refractivity contribution in [2.75, 3.05) is 6.54 Å². The van der Waals surface area contributed by atoms with E-state index in [0.717, 1.165) is 0 Å². The molecule has 0 aliphatic rings. The van der Waals surface area contributed by atoms with Crippen LogP contribution in [0.15, 0.2) is 12.1 Å². The second-order valence-electron chi connectivity index (χ2n) is 5.63. The highest BCUT2D eigenvalue weighted by Crippen LogP contribution is 2.08. The summed E-state index contributed by atoms with van der Waals surface area (Å²) in [7, 11) is 0. The van der Waals surface area contributed by atoms with Crippen molar-refractivity contribution in [2.24, 2.45) is 0 Å². The van der Waals surface area contributed by atoms with E-state index in [-0.39, 0.29) is 11.5 Å². The first kappa shape index (κ1) is 16.8. The average molecular weight is 292 g/mol. The Labute approximate surface area is 123 Å². The van der Waals surface area contributed by atoms with Gasteiger partial charge in [-0.2, -0.15) is 0 Å². The third-order valence-electron chi connectivity index (χ3n) is 2.45. The molecule has 0 bridgehead atoms. The van der Waals surface area contributed by atoms with E-state index in [1.54, 1.807) is 26.8 Å². The van der Waals surface area contributed by atoms with Crippen molar-refractivity contribution in [3.63, 3.8) is 0 Å². The van der Waals surface area contributed by atoms with E-state index < -0.39 is 11.7 Å². The van der Waals surface area contributed by atoms with E-state index in [0.29, 0.717) is 30.5 Å². The summed E-state index contributed by atoms with van der Waals surface area (Å²) in [5.41, 5.74) is 0.650. The van der Waals surface area contributed by atoms with E-state index in [4.69, 9.17) is 4.74 Å². The number of aldehydes is 1. The minimum Gasteiger partial charge on any atom is -0.444 e. The number of aromatic nitrogens is 1. The number of rotatable bonds is 5. The first-order valence-corrected chi connectivity index (χ1v) is 6.65. The fourth-order valence-electron chi connectivity index (χ4n) is 1.59. The molecular formula is C15H20N2O4. The first-order chi connectivity index (χ1) is 9.71. The Bertz CT molecular complexity index is 547. The predicted molar refractivity (Wildman–Crippen MR) is 77.6 cm³/mol. The molecule has 0 aromatic carbocycles. The predicted octanol–water partition coefficient (Wildman–Crippen LogP) is 2.16. The molecule has 0 saturated heterocycles. The van der Waals surface area contributed by atoms with Gasteiger partial charge in [0, 0.05) is 31.1 Å². The van der Waals surface area contributed by atoms with Crippen LogP contribution >= 0.6 is 0 Å². The maximum absolute atomic E-state index is 11.5. The van der Waals surface area contributed by atoms with Gasteiger partial charge in [0.2, 0.25) is 0 Å². The molecule has 1 rings (SSSR count). The van der Waals surface area contributed by atoms with Crippen LogP contribution in [0.3, 0.4) is 0 Å². The van der Waals surface area contributed by atoms with E-state index in [2.05, 4.69) is 10.3 Å². The molecule has 1 heterocycles. The Morgan fingerprint density at radius 3 is 2.52 bits per heavy atom. The van der Waals surface area contributed by atoms with Crippen LogP contribution in [0.25, 0.3) is 0 Å². The van der Waals surface area contributed by atoms with Crippen molar-refractivity contribution in [1.29, 1.82) is 0 Å².